The monoisotopic (exact) mass is 219 g/mol. The van der Waals surface area contributed by atoms with Gasteiger partial charge in [-0.05, 0) is 25.1 Å². The van der Waals surface area contributed by atoms with E-state index < -0.39 is 5.97 Å². The molecule has 3 N–H and O–H groups in total. The molecule has 84 valence electrons. The number of imidazole rings is 1. The molecule has 0 radical (unpaired) electrons. The first kappa shape index (κ1) is 10.6. The second kappa shape index (κ2) is 3.94. The Morgan fingerprint density at radius 3 is 3.00 bits per heavy atom. The summed E-state index contributed by atoms with van der Waals surface area (Å²) < 4.78 is 1.80. The number of nitrogens with two attached hydrogens (primary N) is 1. The van der Waals surface area contributed by atoms with E-state index in [0.29, 0.717) is 24.3 Å². The van der Waals surface area contributed by atoms with Gasteiger partial charge in [-0.25, -0.2) is 9.78 Å². The van der Waals surface area contributed by atoms with Gasteiger partial charge in [-0.2, -0.15) is 0 Å². The van der Waals surface area contributed by atoms with Gasteiger partial charge in [-0.15, -0.1) is 0 Å². The molecule has 2 aromatic heterocycles. The van der Waals surface area contributed by atoms with Crippen LogP contribution in [0.5, 0.6) is 0 Å². The second-order valence-corrected chi connectivity index (χ2v) is 3.63. The minimum Gasteiger partial charge on any atom is -0.476 e. The molecule has 0 fully saturated rings. The molecule has 2 aromatic rings. The molecule has 0 unspecified atom stereocenters. The van der Waals surface area contributed by atoms with Crippen molar-refractivity contribution in [2.75, 3.05) is 6.54 Å². The summed E-state index contributed by atoms with van der Waals surface area (Å²) in [6, 6.07) is 3.74. The van der Waals surface area contributed by atoms with Crippen molar-refractivity contribution in [3.63, 3.8) is 0 Å². The van der Waals surface area contributed by atoms with Crippen molar-refractivity contribution >= 4 is 11.5 Å². The van der Waals surface area contributed by atoms with Crippen LogP contribution in [0.25, 0.3) is 5.52 Å². The predicted molar refractivity (Wildman–Crippen MR) is 59.6 cm³/mol. The van der Waals surface area contributed by atoms with E-state index in [-0.39, 0.29) is 5.69 Å². The van der Waals surface area contributed by atoms with Crippen LogP contribution in [-0.4, -0.2) is 27.0 Å². The minimum absolute atomic E-state index is 0.0987. The first-order valence-electron chi connectivity index (χ1n) is 5.05. The highest BCUT2D eigenvalue weighted by Crippen LogP contribution is 2.17. The van der Waals surface area contributed by atoms with Gasteiger partial charge in [0.15, 0.2) is 5.69 Å². The normalized spacial score (nSPS) is 10.9. The van der Waals surface area contributed by atoms with Crippen LogP contribution in [0, 0.1) is 6.92 Å². The number of pyridine rings is 1. The Bertz CT molecular complexity index is 545. The summed E-state index contributed by atoms with van der Waals surface area (Å²) in [5.74, 6) is -0.311. The Balaban J connectivity index is 2.76. The summed E-state index contributed by atoms with van der Waals surface area (Å²) in [4.78, 5) is 15.2. The topological polar surface area (TPSA) is 80.6 Å². The molecule has 2 heterocycles. The molecule has 5 nitrogen and oxygen atoms in total. The summed E-state index contributed by atoms with van der Waals surface area (Å²) in [7, 11) is 0. The number of carbonyl (C=O) groups is 1. The SMILES string of the molecule is Cc1cccn2c(CCN)nc(C(=O)O)c12. The fraction of sp³-hybridized carbons (Fsp3) is 0.273. The van der Waals surface area contributed by atoms with Crippen molar-refractivity contribution in [2.45, 2.75) is 13.3 Å². The number of rotatable bonds is 3. The maximum atomic E-state index is 11.1. The largest absolute Gasteiger partial charge is 0.476 e. The van der Waals surface area contributed by atoms with Gasteiger partial charge in [-0.3, -0.25) is 0 Å². The Morgan fingerprint density at radius 1 is 1.62 bits per heavy atom. The summed E-state index contributed by atoms with van der Waals surface area (Å²) in [6.45, 7) is 2.32. The van der Waals surface area contributed by atoms with Gasteiger partial charge in [0, 0.05) is 12.6 Å². The quantitative estimate of drug-likeness (QED) is 0.801. The van der Waals surface area contributed by atoms with Crippen molar-refractivity contribution in [1.29, 1.82) is 0 Å². The Morgan fingerprint density at radius 2 is 2.38 bits per heavy atom. The number of hydrogen-bond acceptors (Lipinski definition) is 3. The van der Waals surface area contributed by atoms with E-state index in [2.05, 4.69) is 4.98 Å². The zero-order chi connectivity index (χ0) is 11.7. The number of aromatic carboxylic acids is 1. The first-order valence-corrected chi connectivity index (χ1v) is 5.05. The van der Waals surface area contributed by atoms with E-state index in [0.717, 1.165) is 5.56 Å². The van der Waals surface area contributed by atoms with Crippen molar-refractivity contribution in [2.24, 2.45) is 5.73 Å². The highest BCUT2D eigenvalue weighted by atomic mass is 16.4. The van der Waals surface area contributed by atoms with E-state index >= 15 is 0 Å². The molecule has 0 amide bonds. The molecule has 0 atom stereocenters. The zero-order valence-corrected chi connectivity index (χ0v) is 8.97. The first-order chi connectivity index (χ1) is 7.65. The van der Waals surface area contributed by atoms with Crippen LogP contribution in [0.4, 0.5) is 0 Å². The summed E-state index contributed by atoms with van der Waals surface area (Å²) >= 11 is 0. The Hall–Kier alpha value is -1.88. The van der Waals surface area contributed by atoms with Gasteiger partial charge in [-0.1, -0.05) is 6.07 Å². The highest BCUT2D eigenvalue weighted by molar-refractivity contribution is 5.94. The molecule has 5 heteroatoms. The van der Waals surface area contributed by atoms with E-state index in [4.69, 9.17) is 10.8 Å². The van der Waals surface area contributed by atoms with Crippen LogP contribution in [0.2, 0.25) is 0 Å². The lowest BCUT2D eigenvalue weighted by Gasteiger charge is -2.01. The fourth-order valence-corrected chi connectivity index (χ4v) is 1.82. The van der Waals surface area contributed by atoms with Crippen molar-refractivity contribution in [1.82, 2.24) is 9.38 Å². The third-order valence-electron chi connectivity index (χ3n) is 2.51. The molecule has 0 aliphatic carbocycles. The number of aromatic nitrogens is 2. The number of carboxylic acid groups (broad SMARTS) is 1. The number of nitrogens with zero attached hydrogens (tertiary/aromatic N) is 2. The van der Waals surface area contributed by atoms with Gasteiger partial charge in [0.05, 0.1) is 5.52 Å². The summed E-state index contributed by atoms with van der Waals surface area (Å²) in [5.41, 5.74) is 7.12. The molecule has 0 spiro atoms. The molecule has 0 bridgehead atoms. The van der Waals surface area contributed by atoms with E-state index in [1.807, 2.05) is 25.3 Å². The molecule has 0 saturated carbocycles. The maximum Gasteiger partial charge on any atom is 0.356 e. The predicted octanol–water partition coefficient (Wildman–Crippen LogP) is 0.842. The standard InChI is InChI=1S/C11H13N3O2/c1-7-3-2-6-14-8(4-5-12)13-9(10(7)14)11(15)16/h2-3,6H,4-5,12H2,1H3,(H,15,16). The smallest absolute Gasteiger partial charge is 0.356 e. The second-order valence-electron chi connectivity index (χ2n) is 3.63. The lowest BCUT2D eigenvalue weighted by Crippen LogP contribution is -2.06. The number of carboxylic acids is 1. The van der Waals surface area contributed by atoms with Crippen LogP contribution in [0.15, 0.2) is 18.3 Å². The molecule has 0 aromatic carbocycles. The lowest BCUT2D eigenvalue weighted by atomic mass is 10.2. The highest BCUT2D eigenvalue weighted by Gasteiger charge is 2.17. The number of hydrogen-bond donors (Lipinski definition) is 2. The van der Waals surface area contributed by atoms with Crippen molar-refractivity contribution in [3.8, 4) is 0 Å². The lowest BCUT2D eigenvalue weighted by molar-refractivity contribution is 0.0693. The van der Waals surface area contributed by atoms with Crippen LogP contribution < -0.4 is 5.73 Å². The molecule has 0 saturated heterocycles. The number of aryl methyl sites for hydroxylation is 1. The Labute approximate surface area is 92.5 Å². The third kappa shape index (κ3) is 1.55. The van der Waals surface area contributed by atoms with Gasteiger partial charge < -0.3 is 15.2 Å². The molecular weight excluding hydrogens is 206 g/mol. The van der Waals surface area contributed by atoms with Crippen LogP contribution in [0.3, 0.4) is 0 Å². The van der Waals surface area contributed by atoms with Crippen molar-refractivity contribution < 1.29 is 9.90 Å². The average Bonchev–Trinajstić information content (AvgIpc) is 2.60. The third-order valence-corrected chi connectivity index (χ3v) is 2.51. The van der Waals surface area contributed by atoms with E-state index in [1.165, 1.54) is 0 Å². The number of fused-ring (bicyclic) bond motifs is 1. The van der Waals surface area contributed by atoms with Gasteiger partial charge >= 0.3 is 5.97 Å². The van der Waals surface area contributed by atoms with E-state index in [1.54, 1.807) is 4.40 Å². The molecular formula is C11H13N3O2. The van der Waals surface area contributed by atoms with Crippen LogP contribution >= 0.6 is 0 Å². The summed E-state index contributed by atoms with van der Waals surface area (Å²) in [5, 5.41) is 9.08. The molecule has 0 aliphatic heterocycles. The zero-order valence-electron chi connectivity index (χ0n) is 8.97. The Kier molecular flexibility index (Phi) is 2.62. The van der Waals surface area contributed by atoms with Crippen LogP contribution in [-0.2, 0) is 6.42 Å². The molecule has 0 aliphatic rings. The maximum absolute atomic E-state index is 11.1. The van der Waals surface area contributed by atoms with Crippen molar-refractivity contribution in [3.05, 3.63) is 35.4 Å². The molecule has 2 rings (SSSR count). The molecule has 16 heavy (non-hydrogen) atoms. The average molecular weight is 219 g/mol. The van der Waals surface area contributed by atoms with Gasteiger partial charge in [0.2, 0.25) is 0 Å². The van der Waals surface area contributed by atoms with Gasteiger partial charge in [0.25, 0.3) is 0 Å². The van der Waals surface area contributed by atoms with Crippen LogP contribution in [0.1, 0.15) is 21.9 Å². The van der Waals surface area contributed by atoms with Gasteiger partial charge in [0.1, 0.15) is 5.82 Å². The summed E-state index contributed by atoms with van der Waals surface area (Å²) in [6.07, 6.45) is 2.38. The fourth-order valence-electron chi connectivity index (χ4n) is 1.82. The minimum atomic E-state index is -1.00. The van der Waals surface area contributed by atoms with E-state index in [9.17, 15) is 4.79 Å².